The van der Waals surface area contributed by atoms with E-state index in [1.54, 1.807) is 0 Å². The van der Waals surface area contributed by atoms with Crippen molar-refractivity contribution >= 4 is 22.6 Å². The third kappa shape index (κ3) is 2.20. The van der Waals surface area contributed by atoms with Crippen LogP contribution in [0.25, 0.3) is 0 Å². The molecule has 0 aliphatic carbocycles. The normalized spacial score (nSPS) is 9.87. The zero-order valence-electron chi connectivity index (χ0n) is 7.17. The van der Waals surface area contributed by atoms with Gasteiger partial charge >= 0.3 is 0 Å². The average molecular weight is 224 g/mol. The summed E-state index contributed by atoms with van der Waals surface area (Å²) >= 11 is 0.945. The molecule has 15 heavy (non-hydrogen) atoms. The first-order valence-electron chi connectivity index (χ1n) is 3.78. The fraction of sp³-hybridized carbons (Fsp3) is 0. The summed E-state index contributed by atoms with van der Waals surface area (Å²) in [7, 11) is 0. The van der Waals surface area contributed by atoms with Gasteiger partial charge in [-0.15, -0.1) is 0 Å². The summed E-state index contributed by atoms with van der Waals surface area (Å²) in [5.41, 5.74) is -0.283. The molecule has 2 heterocycles. The molecule has 9 heteroatoms. The summed E-state index contributed by atoms with van der Waals surface area (Å²) in [4.78, 5) is 22.1. The van der Waals surface area contributed by atoms with Gasteiger partial charge < -0.3 is 0 Å². The summed E-state index contributed by atoms with van der Waals surface area (Å²) < 4.78 is 3.47. The smallest absolute Gasteiger partial charge is 0.277 e. The third-order valence-electron chi connectivity index (χ3n) is 1.43. The molecule has 1 amide bonds. The van der Waals surface area contributed by atoms with Gasteiger partial charge in [0.2, 0.25) is 5.13 Å². The maximum atomic E-state index is 11.4. The Hall–Kier alpha value is -2.16. The molecule has 2 aromatic rings. The van der Waals surface area contributed by atoms with E-state index >= 15 is 0 Å². The summed E-state index contributed by atoms with van der Waals surface area (Å²) in [5.74, 6) is -0.482. The molecule has 0 unspecified atom stereocenters. The van der Waals surface area contributed by atoms with Crippen molar-refractivity contribution in [3.05, 3.63) is 28.2 Å². The second-order valence-electron chi connectivity index (χ2n) is 2.43. The van der Waals surface area contributed by atoms with Gasteiger partial charge in [-0.1, -0.05) is 9.59 Å². The van der Waals surface area contributed by atoms with Crippen molar-refractivity contribution < 1.29 is 4.79 Å². The number of rotatable bonds is 2. The van der Waals surface area contributed by atoms with Crippen LogP contribution in [0.1, 0.15) is 10.5 Å². The molecule has 0 saturated heterocycles. The Morgan fingerprint density at radius 2 is 2.33 bits per heavy atom. The molecule has 76 valence electrons. The number of aromatic amines is 1. The zero-order chi connectivity index (χ0) is 10.7. The lowest BCUT2D eigenvalue weighted by Gasteiger charge is -1.97. The van der Waals surface area contributed by atoms with E-state index in [2.05, 4.69) is 30.3 Å². The first kappa shape index (κ1) is 9.40. The summed E-state index contributed by atoms with van der Waals surface area (Å²) in [6, 6.07) is 2.52. The number of aromatic nitrogens is 5. The number of carbonyl (C=O) groups excluding carboxylic acids is 1. The standard InChI is InChI=1S/C6H4N6O2S/c13-4-2-1-3(8-9-4)5(14)7-6-10-11-12-15-6/h1-2H,(H,9,13)(H,7,10,12,14). The number of anilines is 1. The average Bonchev–Trinajstić information content (AvgIpc) is 2.71. The monoisotopic (exact) mass is 224 g/mol. The molecule has 0 radical (unpaired) electrons. The van der Waals surface area contributed by atoms with E-state index in [0.717, 1.165) is 11.5 Å². The second kappa shape index (κ2) is 3.92. The number of carbonyl (C=O) groups is 1. The lowest BCUT2D eigenvalue weighted by atomic mass is 10.4. The van der Waals surface area contributed by atoms with Crippen molar-refractivity contribution in [2.75, 3.05) is 5.32 Å². The van der Waals surface area contributed by atoms with Crippen molar-refractivity contribution in [3.63, 3.8) is 0 Å². The zero-order valence-corrected chi connectivity index (χ0v) is 7.98. The van der Waals surface area contributed by atoms with Gasteiger partial charge in [-0.05, 0) is 11.3 Å². The van der Waals surface area contributed by atoms with Crippen LogP contribution in [0.2, 0.25) is 0 Å². The molecule has 2 rings (SSSR count). The molecule has 2 aromatic heterocycles. The molecule has 8 nitrogen and oxygen atoms in total. The number of nitrogens with one attached hydrogen (secondary N) is 2. The molecule has 0 fully saturated rings. The lowest BCUT2D eigenvalue weighted by Crippen LogP contribution is -2.17. The van der Waals surface area contributed by atoms with E-state index in [4.69, 9.17) is 0 Å². The van der Waals surface area contributed by atoms with E-state index in [1.165, 1.54) is 12.1 Å². The predicted octanol–water partition coefficient (Wildman–Crippen LogP) is -0.731. The van der Waals surface area contributed by atoms with Crippen LogP contribution >= 0.6 is 11.5 Å². The molecule has 0 spiro atoms. The fourth-order valence-corrected chi connectivity index (χ4v) is 1.18. The summed E-state index contributed by atoms with van der Waals surface area (Å²) in [5, 5.41) is 15.2. The Bertz CT molecular complexity index is 500. The molecule has 0 aliphatic rings. The van der Waals surface area contributed by atoms with Crippen molar-refractivity contribution in [2.45, 2.75) is 0 Å². The third-order valence-corrected chi connectivity index (χ3v) is 1.94. The van der Waals surface area contributed by atoms with Crippen molar-refractivity contribution in [2.24, 2.45) is 0 Å². The highest BCUT2D eigenvalue weighted by atomic mass is 32.1. The SMILES string of the molecule is O=C(Nc1nnns1)c1ccc(=O)[nH]n1. The molecule has 0 bridgehead atoms. The van der Waals surface area contributed by atoms with Crippen molar-refractivity contribution in [1.29, 1.82) is 0 Å². The van der Waals surface area contributed by atoms with Crippen LogP contribution in [-0.2, 0) is 0 Å². The van der Waals surface area contributed by atoms with E-state index in [0.29, 0.717) is 0 Å². The Balaban J connectivity index is 2.15. The molecule has 0 aliphatic heterocycles. The first-order chi connectivity index (χ1) is 7.25. The Morgan fingerprint density at radius 1 is 1.47 bits per heavy atom. The van der Waals surface area contributed by atoms with Crippen LogP contribution in [-0.4, -0.2) is 30.9 Å². The summed E-state index contributed by atoms with van der Waals surface area (Å²) in [6.07, 6.45) is 0. The minimum absolute atomic E-state index is 0.0878. The first-order valence-corrected chi connectivity index (χ1v) is 4.55. The van der Waals surface area contributed by atoms with E-state index < -0.39 is 5.91 Å². The quantitative estimate of drug-likeness (QED) is 0.695. The van der Waals surface area contributed by atoms with E-state index in [-0.39, 0.29) is 16.4 Å². The van der Waals surface area contributed by atoms with Gasteiger partial charge in [-0.3, -0.25) is 14.9 Å². The van der Waals surface area contributed by atoms with Crippen LogP contribution in [0.3, 0.4) is 0 Å². The van der Waals surface area contributed by atoms with Gasteiger partial charge in [0.15, 0.2) is 0 Å². The van der Waals surface area contributed by atoms with Gasteiger partial charge in [0, 0.05) is 17.6 Å². The number of amides is 1. The Labute approximate surface area is 86.5 Å². The van der Waals surface area contributed by atoms with Gasteiger partial charge in [-0.25, -0.2) is 5.10 Å². The van der Waals surface area contributed by atoms with Crippen LogP contribution in [0, 0.1) is 0 Å². The highest BCUT2D eigenvalue weighted by molar-refractivity contribution is 7.09. The number of hydrogen-bond acceptors (Lipinski definition) is 7. The number of nitrogens with zero attached hydrogens (tertiary/aromatic N) is 4. The maximum absolute atomic E-state index is 11.4. The van der Waals surface area contributed by atoms with Gasteiger partial charge in [0.25, 0.3) is 11.5 Å². The summed E-state index contributed by atoms with van der Waals surface area (Å²) in [6.45, 7) is 0. The molecule has 0 saturated carbocycles. The van der Waals surface area contributed by atoms with Gasteiger partial charge in [0.05, 0.1) is 0 Å². The van der Waals surface area contributed by atoms with Crippen LogP contribution < -0.4 is 10.9 Å². The molecule has 2 N–H and O–H groups in total. The number of H-pyrrole nitrogens is 1. The van der Waals surface area contributed by atoms with Crippen LogP contribution in [0.5, 0.6) is 0 Å². The largest absolute Gasteiger partial charge is 0.294 e. The van der Waals surface area contributed by atoms with Crippen LogP contribution in [0.15, 0.2) is 16.9 Å². The van der Waals surface area contributed by atoms with Crippen molar-refractivity contribution in [3.8, 4) is 0 Å². The fourth-order valence-electron chi connectivity index (χ4n) is 0.814. The lowest BCUT2D eigenvalue weighted by molar-refractivity contribution is 0.102. The van der Waals surface area contributed by atoms with Crippen molar-refractivity contribution in [1.82, 2.24) is 25.0 Å². The molecule has 0 atom stereocenters. The molecule has 0 aromatic carbocycles. The topological polar surface area (TPSA) is 114 Å². The molecular formula is C6H4N6O2S. The number of hydrogen-bond donors (Lipinski definition) is 2. The molecular weight excluding hydrogens is 220 g/mol. The maximum Gasteiger partial charge on any atom is 0.277 e. The minimum atomic E-state index is -0.482. The Morgan fingerprint density at radius 3 is 2.93 bits per heavy atom. The predicted molar refractivity (Wildman–Crippen MR) is 50.5 cm³/mol. The minimum Gasteiger partial charge on any atom is -0.294 e. The van der Waals surface area contributed by atoms with Crippen LogP contribution in [0.4, 0.5) is 5.13 Å². The van der Waals surface area contributed by atoms with Gasteiger partial charge in [-0.2, -0.15) is 5.10 Å². The highest BCUT2D eigenvalue weighted by Gasteiger charge is 2.09. The van der Waals surface area contributed by atoms with E-state index in [9.17, 15) is 9.59 Å². The second-order valence-corrected chi connectivity index (χ2v) is 3.16. The van der Waals surface area contributed by atoms with Gasteiger partial charge in [0.1, 0.15) is 5.69 Å². The Kier molecular flexibility index (Phi) is 2.46. The highest BCUT2D eigenvalue weighted by Crippen LogP contribution is 2.05. The van der Waals surface area contributed by atoms with E-state index in [1.807, 2.05) is 0 Å².